The molecule has 0 amide bonds. The highest BCUT2D eigenvalue weighted by atomic mass is 79.9. The third kappa shape index (κ3) is 3.14. The van der Waals surface area contributed by atoms with Gasteiger partial charge in [0.15, 0.2) is 0 Å². The second-order valence-corrected chi connectivity index (χ2v) is 5.35. The van der Waals surface area contributed by atoms with E-state index >= 15 is 0 Å². The topological polar surface area (TPSA) is 12.0 Å². The largest absolute Gasteiger partial charge is 0.309 e. The van der Waals surface area contributed by atoms with E-state index in [1.807, 2.05) is 0 Å². The van der Waals surface area contributed by atoms with E-state index in [1.165, 1.54) is 6.07 Å². The third-order valence-electron chi connectivity index (χ3n) is 2.84. The summed E-state index contributed by atoms with van der Waals surface area (Å²) in [5, 5.41) is 3.57. The molecule has 0 bridgehead atoms. The predicted octanol–water partition coefficient (Wildman–Crippen LogP) is 4.69. The van der Waals surface area contributed by atoms with E-state index in [4.69, 9.17) is 11.6 Å². The second kappa shape index (κ2) is 5.99. The van der Waals surface area contributed by atoms with Crippen molar-refractivity contribution >= 4 is 27.5 Å². The average molecular weight is 347 g/mol. The Morgan fingerprint density at radius 2 is 1.74 bits per heavy atom. The molecule has 0 aromatic heterocycles. The van der Waals surface area contributed by atoms with Gasteiger partial charge in [0.05, 0.1) is 10.5 Å². The lowest BCUT2D eigenvalue weighted by Gasteiger charge is -2.18. The van der Waals surface area contributed by atoms with E-state index in [2.05, 4.69) is 21.2 Å². The minimum atomic E-state index is -0.495. The fourth-order valence-corrected chi connectivity index (χ4v) is 2.36. The summed E-state index contributed by atoms with van der Waals surface area (Å²) in [6, 6.07) is 8.88. The van der Waals surface area contributed by atoms with Gasteiger partial charge < -0.3 is 5.32 Å². The van der Waals surface area contributed by atoms with Gasteiger partial charge in [0.1, 0.15) is 11.6 Å². The summed E-state index contributed by atoms with van der Waals surface area (Å²) in [6.45, 7) is 0. The van der Waals surface area contributed by atoms with Gasteiger partial charge in [-0.1, -0.05) is 23.7 Å². The summed E-state index contributed by atoms with van der Waals surface area (Å²) in [5.74, 6) is -0.965. The Morgan fingerprint density at radius 1 is 1.11 bits per heavy atom. The first-order valence-electron chi connectivity index (χ1n) is 5.60. The number of nitrogens with one attached hydrogen (secondary N) is 1. The molecule has 0 aliphatic carbocycles. The van der Waals surface area contributed by atoms with E-state index in [1.54, 1.807) is 31.3 Å². The van der Waals surface area contributed by atoms with Crippen LogP contribution in [0.3, 0.4) is 0 Å². The number of hydrogen-bond donors (Lipinski definition) is 1. The zero-order valence-corrected chi connectivity index (χ0v) is 12.4. The molecule has 0 heterocycles. The Balaban J connectivity index is 2.47. The van der Waals surface area contributed by atoms with Crippen molar-refractivity contribution in [3.63, 3.8) is 0 Å². The summed E-state index contributed by atoms with van der Waals surface area (Å²) in [5.41, 5.74) is 1.07. The number of halogens is 4. The maximum absolute atomic E-state index is 14.0. The van der Waals surface area contributed by atoms with Gasteiger partial charge in [-0.25, -0.2) is 8.78 Å². The van der Waals surface area contributed by atoms with Crippen LogP contribution in [0.25, 0.3) is 0 Å². The van der Waals surface area contributed by atoms with Crippen molar-refractivity contribution in [1.82, 2.24) is 5.32 Å². The molecule has 1 atom stereocenters. The fourth-order valence-electron chi connectivity index (χ4n) is 1.92. The van der Waals surface area contributed by atoms with Crippen LogP contribution in [0.1, 0.15) is 17.2 Å². The van der Waals surface area contributed by atoms with Crippen LogP contribution in [-0.2, 0) is 0 Å². The van der Waals surface area contributed by atoms with Crippen LogP contribution in [0.2, 0.25) is 5.02 Å². The Labute approximate surface area is 123 Å². The minimum Gasteiger partial charge on any atom is -0.309 e. The van der Waals surface area contributed by atoms with Gasteiger partial charge in [-0.05, 0) is 52.8 Å². The number of hydrogen-bond acceptors (Lipinski definition) is 1. The maximum Gasteiger partial charge on any atom is 0.137 e. The smallest absolute Gasteiger partial charge is 0.137 e. The van der Waals surface area contributed by atoms with Crippen LogP contribution < -0.4 is 5.32 Å². The molecule has 2 aromatic carbocycles. The third-order valence-corrected chi connectivity index (χ3v) is 3.70. The molecule has 100 valence electrons. The van der Waals surface area contributed by atoms with Crippen molar-refractivity contribution in [1.29, 1.82) is 0 Å². The lowest BCUT2D eigenvalue weighted by molar-refractivity contribution is 0.555. The average Bonchev–Trinajstić information content (AvgIpc) is 2.38. The van der Waals surface area contributed by atoms with Crippen LogP contribution in [0.4, 0.5) is 8.78 Å². The van der Waals surface area contributed by atoms with Gasteiger partial charge in [0.25, 0.3) is 0 Å². The quantitative estimate of drug-likeness (QED) is 0.795. The van der Waals surface area contributed by atoms with E-state index in [0.717, 1.165) is 11.6 Å². The fraction of sp³-hybridized carbons (Fsp3) is 0.143. The molecule has 1 unspecified atom stereocenters. The lowest BCUT2D eigenvalue weighted by Crippen LogP contribution is -2.19. The monoisotopic (exact) mass is 345 g/mol. The van der Waals surface area contributed by atoms with Gasteiger partial charge in [0, 0.05) is 10.6 Å². The summed E-state index contributed by atoms with van der Waals surface area (Å²) in [7, 11) is 1.69. The van der Waals surface area contributed by atoms with Crippen LogP contribution in [0, 0.1) is 11.6 Å². The summed E-state index contributed by atoms with van der Waals surface area (Å²) >= 11 is 8.79. The van der Waals surface area contributed by atoms with Crippen molar-refractivity contribution in [2.24, 2.45) is 0 Å². The Morgan fingerprint density at radius 3 is 2.32 bits per heavy atom. The zero-order valence-electron chi connectivity index (χ0n) is 10.1. The molecular formula is C14H11BrClF2N. The molecule has 0 aliphatic heterocycles. The highest BCUT2D eigenvalue weighted by molar-refractivity contribution is 9.10. The number of benzene rings is 2. The van der Waals surface area contributed by atoms with Crippen molar-refractivity contribution in [2.75, 3.05) is 7.05 Å². The van der Waals surface area contributed by atoms with Crippen molar-refractivity contribution < 1.29 is 8.78 Å². The highest BCUT2D eigenvalue weighted by Gasteiger charge is 2.18. The molecule has 0 fully saturated rings. The molecule has 1 nitrogen and oxygen atoms in total. The van der Waals surface area contributed by atoms with E-state index in [9.17, 15) is 8.78 Å². The van der Waals surface area contributed by atoms with Crippen LogP contribution in [0.15, 0.2) is 40.9 Å². The van der Waals surface area contributed by atoms with Gasteiger partial charge in [-0.2, -0.15) is 0 Å². The summed E-state index contributed by atoms with van der Waals surface area (Å²) in [4.78, 5) is 0. The Kier molecular flexibility index (Phi) is 4.55. The SMILES string of the molecule is CNC(c1ccc(Cl)cc1)c1cc(F)c(Br)cc1F. The molecule has 0 saturated carbocycles. The predicted molar refractivity (Wildman–Crippen MR) is 76.4 cm³/mol. The van der Waals surface area contributed by atoms with Crippen molar-refractivity contribution in [3.05, 3.63) is 68.7 Å². The molecule has 0 saturated heterocycles. The molecule has 2 aromatic rings. The molecule has 0 radical (unpaired) electrons. The molecule has 19 heavy (non-hydrogen) atoms. The van der Waals surface area contributed by atoms with E-state index in [-0.39, 0.29) is 10.0 Å². The van der Waals surface area contributed by atoms with Crippen LogP contribution in [0.5, 0.6) is 0 Å². The first-order chi connectivity index (χ1) is 9.02. The van der Waals surface area contributed by atoms with Gasteiger partial charge in [-0.3, -0.25) is 0 Å². The molecular weight excluding hydrogens is 336 g/mol. The Bertz CT molecular complexity index is 587. The Hall–Kier alpha value is -0.970. The first kappa shape index (κ1) is 14.4. The van der Waals surface area contributed by atoms with E-state index < -0.39 is 17.7 Å². The molecule has 0 spiro atoms. The standard InChI is InChI=1S/C14H11BrClF2N/c1-19-14(8-2-4-9(16)5-3-8)10-6-13(18)11(15)7-12(10)17/h2-7,14,19H,1H3. The van der Waals surface area contributed by atoms with Crippen LogP contribution >= 0.6 is 27.5 Å². The van der Waals surface area contributed by atoms with Crippen molar-refractivity contribution in [3.8, 4) is 0 Å². The van der Waals surface area contributed by atoms with Crippen molar-refractivity contribution in [2.45, 2.75) is 6.04 Å². The number of rotatable bonds is 3. The van der Waals surface area contributed by atoms with Gasteiger partial charge in [-0.15, -0.1) is 0 Å². The van der Waals surface area contributed by atoms with Gasteiger partial charge in [0.2, 0.25) is 0 Å². The lowest BCUT2D eigenvalue weighted by atomic mass is 9.98. The second-order valence-electron chi connectivity index (χ2n) is 4.06. The zero-order chi connectivity index (χ0) is 14.0. The molecule has 5 heteroatoms. The molecule has 1 N–H and O–H groups in total. The summed E-state index contributed by atoms with van der Waals surface area (Å²) in [6.07, 6.45) is 0. The van der Waals surface area contributed by atoms with E-state index in [0.29, 0.717) is 5.02 Å². The summed E-state index contributed by atoms with van der Waals surface area (Å²) < 4.78 is 27.7. The molecule has 0 aliphatic rings. The van der Waals surface area contributed by atoms with Crippen LogP contribution in [-0.4, -0.2) is 7.05 Å². The first-order valence-corrected chi connectivity index (χ1v) is 6.77. The normalized spacial score (nSPS) is 12.5. The maximum atomic E-state index is 14.0. The van der Waals surface area contributed by atoms with Gasteiger partial charge >= 0.3 is 0 Å². The molecule has 2 rings (SSSR count). The minimum absolute atomic E-state index is 0.111. The highest BCUT2D eigenvalue weighted by Crippen LogP contribution is 2.28.